The number of carboxylic acids is 1. The van der Waals surface area contributed by atoms with Crippen LogP contribution in [0.3, 0.4) is 0 Å². The number of nitrogens with one attached hydrogen (secondary N) is 2. The molecule has 7 nitrogen and oxygen atoms in total. The van der Waals surface area contributed by atoms with E-state index < -0.39 is 23.9 Å². The minimum absolute atomic E-state index is 0.0411. The van der Waals surface area contributed by atoms with Gasteiger partial charge in [0.2, 0.25) is 5.91 Å². The molecule has 0 aromatic rings. The Bertz CT molecular complexity index is 317. The van der Waals surface area contributed by atoms with Gasteiger partial charge in [-0.15, -0.1) is 6.58 Å². The van der Waals surface area contributed by atoms with Crippen LogP contribution in [0.5, 0.6) is 0 Å². The maximum absolute atomic E-state index is 11.3. The van der Waals surface area contributed by atoms with E-state index in [1.54, 1.807) is 6.92 Å². The Balaban J connectivity index is 4.24. The lowest BCUT2D eigenvalue weighted by molar-refractivity contribution is -0.139. The number of hydrogen-bond donors (Lipinski definition) is 4. The van der Waals surface area contributed by atoms with Gasteiger partial charge in [0.05, 0.1) is 0 Å². The number of carboxylic acid groups (broad SMARTS) is 1. The number of carbonyl (C=O) groups is 3. The predicted molar refractivity (Wildman–Crippen MR) is 61.2 cm³/mol. The standard InChI is InChI=1S/C10H17N3O4/c1-3-6(2)12-10(17)13-7(9(15)16)4-5-8(11)14/h3,6-7H,1,4-5H2,2H3,(H2,11,14)(H,15,16)(H2,12,13,17). The maximum atomic E-state index is 11.3. The van der Waals surface area contributed by atoms with Crippen LogP contribution < -0.4 is 16.4 Å². The molecule has 96 valence electrons. The van der Waals surface area contributed by atoms with Crippen molar-refractivity contribution < 1.29 is 19.5 Å². The first-order valence-electron chi connectivity index (χ1n) is 5.07. The van der Waals surface area contributed by atoms with Crippen LogP contribution in [0.1, 0.15) is 19.8 Å². The van der Waals surface area contributed by atoms with Crippen LogP contribution in [0.2, 0.25) is 0 Å². The molecule has 0 heterocycles. The Morgan fingerprint density at radius 3 is 2.41 bits per heavy atom. The average molecular weight is 243 g/mol. The van der Waals surface area contributed by atoms with Gasteiger partial charge < -0.3 is 21.5 Å². The van der Waals surface area contributed by atoms with Gasteiger partial charge in [0.25, 0.3) is 0 Å². The van der Waals surface area contributed by atoms with Crippen molar-refractivity contribution in [2.24, 2.45) is 5.73 Å². The molecule has 0 aliphatic rings. The van der Waals surface area contributed by atoms with Crippen molar-refractivity contribution in [2.75, 3.05) is 0 Å². The lowest BCUT2D eigenvalue weighted by Gasteiger charge is -2.16. The number of carbonyl (C=O) groups excluding carboxylic acids is 2. The second kappa shape index (κ2) is 7.26. The molecule has 17 heavy (non-hydrogen) atoms. The molecule has 0 aliphatic carbocycles. The molecule has 2 unspecified atom stereocenters. The second-order valence-corrected chi connectivity index (χ2v) is 3.54. The molecular weight excluding hydrogens is 226 g/mol. The first-order chi connectivity index (χ1) is 7.86. The smallest absolute Gasteiger partial charge is 0.326 e. The topological polar surface area (TPSA) is 122 Å². The summed E-state index contributed by atoms with van der Waals surface area (Å²) >= 11 is 0. The Kier molecular flexibility index (Phi) is 6.39. The summed E-state index contributed by atoms with van der Waals surface area (Å²) in [5.74, 6) is -1.83. The fraction of sp³-hybridized carbons (Fsp3) is 0.500. The second-order valence-electron chi connectivity index (χ2n) is 3.54. The number of rotatable bonds is 7. The van der Waals surface area contributed by atoms with Crippen LogP contribution in [-0.4, -0.2) is 35.1 Å². The minimum Gasteiger partial charge on any atom is -0.480 e. The molecule has 0 spiro atoms. The van der Waals surface area contributed by atoms with Crippen LogP contribution in [0.25, 0.3) is 0 Å². The zero-order valence-corrected chi connectivity index (χ0v) is 9.60. The Morgan fingerprint density at radius 2 is 2.00 bits per heavy atom. The van der Waals surface area contributed by atoms with Gasteiger partial charge >= 0.3 is 12.0 Å². The lowest BCUT2D eigenvalue weighted by atomic mass is 10.1. The minimum atomic E-state index is -1.22. The normalized spacial score (nSPS) is 13.2. The first-order valence-corrected chi connectivity index (χ1v) is 5.07. The fourth-order valence-electron chi connectivity index (χ4n) is 1.01. The average Bonchev–Trinajstić information content (AvgIpc) is 2.23. The molecule has 0 saturated heterocycles. The van der Waals surface area contributed by atoms with Gasteiger partial charge in [0.1, 0.15) is 6.04 Å². The van der Waals surface area contributed by atoms with Gasteiger partial charge in [-0.2, -0.15) is 0 Å². The van der Waals surface area contributed by atoms with Gasteiger partial charge in [-0.25, -0.2) is 9.59 Å². The van der Waals surface area contributed by atoms with E-state index in [9.17, 15) is 14.4 Å². The zero-order chi connectivity index (χ0) is 13.4. The largest absolute Gasteiger partial charge is 0.480 e. The zero-order valence-electron chi connectivity index (χ0n) is 9.60. The Labute approximate surface area is 99.1 Å². The number of amides is 3. The van der Waals surface area contributed by atoms with Crippen molar-refractivity contribution in [1.82, 2.24) is 10.6 Å². The summed E-state index contributed by atoms with van der Waals surface area (Å²) in [4.78, 5) is 32.6. The summed E-state index contributed by atoms with van der Waals surface area (Å²) < 4.78 is 0. The lowest BCUT2D eigenvalue weighted by Crippen LogP contribution is -2.48. The van der Waals surface area contributed by atoms with Crippen molar-refractivity contribution in [3.63, 3.8) is 0 Å². The molecule has 3 amide bonds. The molecule has 0 bridgehead atoms. The van der Waals surface area contributed by atoms with Gasteiger partial charge in [-0.3, -0.25) is 4.79 Å². The van der Waals surface area contributed by atoms with Gasteiger partial charge in [-0.1, -0.05) is 6.08 Å². The SMILES string of the molecule is C=CC(C)NC(=O)NC(CCC(N)=O)C(=O)O. The van der Waals surface area contributed by atoms with Crippen molar-refractivity contribution in [3.05, 3.63) is 12.7 Å². The van der Waals surface area contributed by atoms with Crippen LogP contribution in [0, 0.1) is 0 Å². The third-order valence-corrected chi connectivity index (χ3v) is 2.00. The Hall–Kier alpha value is -2.05. The molecule has 5 N–H and O–H groups in total. The van der Waals surface area contributed by atoms with Crippen LogP contribution in [0.15, 0.2) is 12.7 Å². The van der Waals surface area contributed by atoms with Gasteiger partial charge in [-0.05, 0) is 13.3 Å². The monoisotopic (exact) mass is 243 g/mol. The summed E-state index contributed by atoms with van der Waals surface area (Å²) in [7, 11) is 0. The van der Waals surface area contributed by atoms with E-state index in [1.165, 1.54) is 6.08 Å². The molecule has 0 aromatic heterocycles. The molecule has 0 saturated carbocycles. The summed E-state index contributed by atoms with van der Waals surface area (Å²) in [6, 6.07) is -2.05. The molecule has 0 aromatic carbocycles. The van der Waals surface area contributed by atoms with Crippen molar-refractivity contribution in [1.29, 1.82) is 0 Å². The van der Waals surface area contributed by atoms with Gasteiger partial charge in [0, 0.05) is 12.5 Å². The number of hydrogen-bond acceptors (Lipinski definition) is 3. The van der Waals surface area contributed by atoms with Crippen molar-refractivity contribution in [3.8, 4) is 0 Å². The molecule has 2 atom stereocenters. The highest BCUT2D eigenvalue weighted by Crippen LogP contribution is 1.97. The molecule has 7 heteroatoms. The number of primary amides is 1. The van der Waals surface area contributed by atoms with E-state index >= 15 is 0 Å². The molecule has 0 rings (SSSR count). The number of aliphatic carboxylic acids is 1. The fourth-order valence-corrected chi connectivity index (χ4v) is 1.01. The van der Waals surface area contributed by atoms with E-state index in [0.717, 1.165) is 0 Å². The number of nitrogens with two attached hydrogens (primary N) is 1. The van der Waals surface area contributed by atoms with Gasteiger partial charge in [0.15, 0.2) is 0 Å². The highest BCUT2D eigenvalue weighted by Gasteiger charge is 2.20. The highest BCUT2D eigenvalue weighted by molar-refractivity contribution is 5.83. The van der Waals surface area contributed by atoms with E-state index in [4.69, 9.17) is 10.8 Å². The maximum Gasteiger partial charge on any atom is 0.326 e. The third-order valence-electron chi connectivity index (χ3n) is 2.00. The molecule has 0 radical (unpaired) electrons. The molecule has 0 aliphatic heterocycles. The van der Waals surface area contributed by atoms with E-state index in [-0.39, 0.29) is 18.9 Å². The van der Waals surface area contributed by atoms with Crippen molar-refractivity contribution >= 4 is 17.9 Å². The van der Waals surface area contributed by atoms with E-state index in [1.807, 2.05) is 0 Å². The Morgan fingerprint density at radius 1 is 1.41 bits per heavy atom. The quantitative estimate of drug-likeness (QED) is 0.453. The van der Waals surface area contributed by atoms with E-state index in [2.05, 4.69) is 17.2 Å². The van der Waals surface area contributed by atoms with Crippen LogP contribution in [-0.2, 0) is 9.59 Å². The predicted octanol–water partition coefficient (Wildman–Crippen LogP) is -0.421. The highest BCUT2D eigenvalue weighted by atomic mass is 16.4. The van der Waals surface area contributed by atoms with Crippen LogP contribution >= 0.6 is 0 Å². The summed E-state index contributed by atoms with van der Waals surface area (Å²) in [5, 5.41) is 13.5. The van der Waals surface area contributed by atoms with E-state index in [0.29, 0.717) is 0 Å². The third kappa shape index (κ3) is 6.93. The molecular formula is C10H17N3O4. The summed E-state index contributed by atoms with van der Waals surface area (Å²) in [6.45, 7) is 5.15. The first kappa shape index (κ1) is 14.9. The van der Waals surface area contributed by atoms with Crippen molar-refractivity contribution in [2.45, 2.75) is 31.8 Å². The van der Waals surface area contributed by atoms with Crippen LogP contribution in [0.4, 0.5) is 4.79 Å². The molecule has 0 fully saturated rings. The summed E-state index contributed by atoms with van der Waals surface area (Å²) in [6.07, 6.45) is 1.35. The summed E-state index contributed by atoms with van der Waals surface area (Å²) in [5.41, 5.74) is 4.90. The number of urea groups is 1.